The number of amides is 1. The quantitative estimate of drug-likeness (QED) is 0.704. The highest BCUT2D eigenvalue weighted by Crippen LogP contribution is 2.39. The maximum absolute atomic E-state index is 12.9. The summed E-state index contributed by atoms with van der Waals surface area (Å²) in [5.41, 5.74) is 3.21. The van der Waals surface area contributed by atoms with Crippen LogP contribution in [0.3, 0.4) is 0 Å². The first-order chi connectivity index (χ1) is 11.5. The molecule has 0 aromatic heterocycles. The van der Waals surface area contributed by atoms with Gasteiger partial charge in [0, 0.05) is 32.0 Å². The minimum absolute atomic E-state index is 0.0722. The zero-order valence-electron chi connectivity index (χ0n) is 12.8. The van der Waals surface area contributed by atoms with Gasteiger partial charge in [-0.3, -0.25) is 14.6 Å². The van der Waals surface area contributed by atoms with Gasteiger partial charge in [0.05, 0.1) is 18.7 Å². The molecule has 0 saturated carbocycles. The SMILES string of the molecule is O=C(O)CC1=C2CCCN2CN1N1Cc2c(Cl)cc(I)cc2C1=O. The molecule has 1 aromatic rings. The number of allylic oxidation sites excluding steroid dienone is 1. The van der Waals surface area contributed by atoms with E-state index in [1.54, 1.807) is 5.01 Å². The Kier molecular flexibility index (Phi) is 3.87. The molecule has 24 heavy (non-hydrogen) atoms. The fraction of sp³-hybridized carbons (Fsp3) is 0.375. The van der Waals surface area contributed by atoms with Gasteiger partial charge in [0.25, 0.3) is 5.91 Å². The van der Waals surface area contributed by atoms with Gasteiger partial charge in [-0.1, -0.05) is 11.6 Å². The molecule has 1 aromatic carbocycles. The maximum atomic E-state index is 12.9. The van der Waals surface area contributed by atoms with E-state index in [2.05, 4.69) is 27.5 Å². The second-order valence-electron chi connectivity index (χ2n) is 6.15. The number of hydrogen-bond acceptors (Lipinski definition) is 4. The fourth-order valence-electron chi connectivity index (χ4n) is 3.68. The summed E-state index contributed by atoms with van der Waals surface area (Å²) in [6, 6.07) is 3.68. The summed E-state index contributed by atoms with van der Waals surface area (Å²) in [5, 5.41) is 13.3. The molecule has 126 valence electrons. The monoisotopic (exact) mass is 459 g/mol. The van der Waals surface area contributed by atoms with Gasteiger partial charge in [0.2, 0.25) is 0 Å². The molecule has 0 radical (unpaired) electrons. The topological polar surface area (TPSA) is 64.1 Å². The normalized spacial score (nSPS) is 19.4. The van der Waals surface area contributed by atoms with Crippen molar-refractivity contribution in [3.05, 3.63) is 43.2 Å². The number of rotatable bonds is 3. The Morgan fingerprint density at radius 1 is 1.33 bits per heavy atom. The van der Waals surface area contributed by atoms with E-state index in [-0.39, 0.29) is 12.3 Å². The minimum atomic E-state index is -0.881. The molecule has 3 heterocycles. The highest BCUT2D eigenvalue weighted by molar-refractivity contribution is 14.1. The lowest BCUT2D eigenvalue weighted by atomic mass is 10.1. The molecule has 1 fully saturated rings. The zero-order chi connectivity index (χ0) is 17.0. The molecule has 1 amide bonds. The average molecular weight is 460 g/mol. The molecule has 3 aliphatic heterocycles. The van der Waals surface area contributed by atoms with Crippen LogP contribution < -0.4 is 0 Å². The van der Waals surface area contributed by atoms with Crippen molar-refractivity contribution in [3.63, 3.8) is 0 Å². The van der Waals surface area contributed by atoms with E-state index in [0.29, 0.717) is 23.8 Å². The molecule has 0 unspecified atom stereocenters. The number of nitrogens with zero attached hydrogens (tertiary/aromatic N) is 3. The van der Waals surface area contributed by atoms with Crippen molar-refractivity contribution in [2.24, 2.45) is 0 Å². The molecule has 3 aliphatic rings. The predicted molar refractivity (Wildman–Crippen MR) is 96.0 cm³/mol. The standard InChI is InChI=1S/C16H15ClIN3O3/c17-12-5-9(18)4-10-11(12)7-20(16(10)24)21-8-19-3-1-2-13(19)14(21)6-15(22)23/h4-5H,1-3,6-8H2,(H,22,23). The van der Waals surface area contributed by atoms with Crippen LogP contribution in [0.2, 0.25) is 5.02 Å². The van der Waals surface area contributed by atoms with E-state index in [1.165, 1.54) is 0 Å². The van der Waals surface area contributed by atoms with E-state index in [0.717, 1.165) is 39.9 Å². The number of carboxylic acid groups (broad SMARTS) is 1. The van der Waals surface area contributed by atoms with Crippen LogP contribution in [0.4, 0.5) is 0 Å². The summed E-state index contributed by atoms with van der Waals surface area (Å²) in [7, 11) is 0. The van der Waals surface area contributed by atoms with Crippen LogP contribution in [0.15, 0.2) is 23.5 Å². The van der Waals surface area contributed by atoms with E-state index < -0.39 is 5.97 Å². The zero-order valence-corrected chi connectivity index (χ0v) is 15.7. The van der Waals surface area contributed by atoms with Crippen LogP contribution in [0.25, 0.3) is 0 Å². The number of carboxylic acids is 1. The third kappa shape index (κ3) is 2.45. The maximum Gasteiger partial charge on any atom is 0.309 e. The molecular weight excluding hydrogens is 445 g/mol. The predicted octanol–water partition coefficient (Wildman–Crippen LogP) is 2.87. The van der Waals surface area contributed by atoms with Gasteiger partial charge in [0.15, 0.2) is 0 Å². The third-order valence-corrected chi connectivity index (χ3v) is 5.68. The first kappa shape index (κ1) is 16.0. The van der Waals surface area contributed by atoms with Crippen molar-refractivity contribution in [2.75, 3.05) is 13.2 Å². The van der Waals surface area contributed by atoms with Crippen LogP contribution in [-0.2, 0) is 11.3 Å². The summed E-state index contributed by atoms with van der Waals surface area (Å²) in [5.74, 6) is -0.997. The number of hydrazine groups is 1. The van der Waals surface area contributed by atoms with Crippen LogP contribution >= 0.6 is 34.2 Å². The van der Waals surface area contributed by atoms with Crippen molar-refractivity contribution in [2.45, 2.75) is 25.8 Å². The van der Waals surface area contributed by atoms with Crippen molar-refractivity contribution >= 4 is 46.1 Å². The van der Waals surface area contributed by atoms with Gasteiger partial charge in [-0.15, -0.1) is 0 Å². The Balaban J connectivity index is 1.70. The second kappa shape index (κ2) is 5.80. The van der Waals surface area contributed by atoms with Crippen molar-refractivity contribution in [3.8, 4) is 0 Å². The number of hydrogen-bond donors (Lipinski definition) is 1. The van der Waals surface area contributed by atoms with Gasteiger partial charge in [-0.25, -0.2) is 5.01 Å². The molecule has 0 atom stereocenters. The highest BCUT2D eigenvalue weighted by atomic mass is 127. The first-order valence-electron chi connectivity index (χ1n) is 7.71. The average Bonchev–Trinajstić information content (AvgIpc) is 3.15. The van der Waals surface area contributed by atoms with Crippen LogP contribution in [-0.4, -0.2) is 45.1 Å². The Morgan fingerprint density at radius 3 is 2.88 bits per heavy atom. The molecule has 1 N–H and O–H groups in total. The van der Waals surface area contributed by atoms with Crippen LogP contribution in [0, 0.1) is 3.57 Å². The lowest BCUT2D eigenvalue weighted by Gasteiger charge is -2.32. The van der Waals surface area contributed by atoms with Crippen LogP contribution in [0.1, 0.15) is 35.2 Å². The Morgan fingerprint density at radius 2 is 2.12 bits per heavy atom. The molecular formula is C16H15ClIN3O3. The van der Waals surface area contributed by atoms with Crippen molar-refractivity contribution in [1.82, 2.24) is 14.9 Å². The summed E-state index contributed by atoms with van der Waals surface area (Å²) in [6.07, 6.45) is 1.83. The number of carbonyl (C=O) groups is 2. The highest BCUT2D eigenvalue weighted by Gasteiger charge is 2.41. The third-order valence-electron chi connectivity index (χ3n) is 4.72. The molecule has 6 nitrogen and oxygen atoms in total. The van der Waals surface area contributed by atoms with Crippen LogP contribution in [0.5, 0.6) is 0 Å². The smallest absolute Gasteiger partial charge is 0.309 e. The molecule has 8 heteroatoms. The Labute approximate surface area is 157 Å². The van der Waals surface area contributed by atoms with E-state index in [9.17, 15) is 14.7 Å². The number of fused-ring (bicyclic) bond motifs is 2. The van der Waals surface area contributed by atoms with Gasteiger partial charge in [0.1, 0.15) is 6.67 Å². The number of aliphatic carboxylic acids is 1. The van der Waals surface area contributed by atoms with E-state index in [1.807, 2.05) is 17.1 Å². The molecule has 0 aliphatic carbocycles. The molecule has 1 saturated heterocycles. The molecule has 0 bridgehead atoms. The summed E-state index contributed by atoms with van der Waals surface area (Å²) < 4.78 is 0.915. The van der Waals surface area contributed by atoms with Gasteiger partial charge in [-0.05, 0) is 47.6 Å². The summed E-state index contributed by atoms with van der Waals surface area (Å²) in [4.78, 5) is 26.3. The van der Waals surface area contributed by atoms with E-state index >= 15 is 0 Å². The number of benzene rings is 1. The first-order valence-corrected chi connectivity index (χ1v) is 9.17. The lowest BCUT2D eigenvalue weighted by molar-refractivity contribution is -0.137. The molecule has 0 spiro atoms. The second-order valence-corrected chi connectivity index (χ2v) is 7.80. The van der Waals surface area contributed by atoms with Gasteiger partial charge >= 0.3 is 5.97 Å². The van der Waals surface area contributed by atoms with Gasteiger partial charge in [-0.2, -0.15) is 0 Å². The fourth-order valence-corrected chi connectivity index (χ4v) is 4.76. The largest absolute Gasteiger partial charge is 0.481 e. The molecule has 4 rings (SSSR count). The number of carbonyl (C=O) groups excluding carboxylic acids is 1. The van der Waals surface area contributed by atoms with Gasteiger partial charge < -0.3 is 10.0 Å². The minimum Gasteiger partial charge on any atom is -0.481 e. The Hall–Kier alpha value is -1.48. The Bertz CT molecular complexity index is 795. The van der Waals surface area contributed by atoms with Crippen molar-refractivity contribution in [1.29, 1.82) is 0 Å². The van der Waals surface area contributed by atoms with E-state index in [4.69, 9.17) is 11.6 Å². The summed E-state index contributed by atoms with van der Waals surface area (Å²) in [6.45, 7) is 1.82. The lowest BCUT2D eigenvalue weighted by Crippen LogP contribution is -2.43. The summed E-state index contributed by atoms with van der Waals surface area (Å²) >= 11 is 8.45. The van der Waals surface area contributed by atoms with Crippen molar-refractivity contribution < 1.29 is 14.7 Å². The number of halogens is 2.